The first-order valence-electron chi connectivity index (χ1n) is 9.39. The highest BCUT2D eigenvalue weighted by atomic mass is 19.1. The summed E-state index contributed by atoms with van der Waals surface area (Å²) in [5.74, 6) is -0.138. The van der Waals surface area contributed by atoms with E-state index in [1.807, 2.05) is 18.3 Å². The zero-order chi connectivity index (χ0) is 18.4. The number of unbranched alkanes of at least 4 members (excludes halogenated alkanes) is 2. The van der Waals surface area contributed by atoms with Crippen molar-refractivity contribution >= 4 is 0 Å². The van der Waals surface area contributed by atoms with Crippen LogP contribution >= 0.6 is 0 Å². The van der Waals surface area contributed by atoms with E-state index in [1.54, 1.807) is 12.1 Å². The number of hydrogen-bond donors (Lipinski definition) is 0. The lowest BCUT2D eigenvalue weighted by Crippen LogP contribution is -1.94. The lowest BCUT2D eigenvalue weighted by molar-refractivity contribution is 0.622. The molecule has 0 aliphatic rings. The van der Waals surface area contributed by atoms with Crippen molar-refractivity contribution in [2.75, 3.05) is 0 Å². The van der Waals surface area contributed by atoms with E-state index >= 15 is 0 Å². The second-order valence-corrected chi connectivity index (χ2v) is 7.00. The Morgan fingerprint density at radius 2 is 1.65 bits per heavy atom. The fourth-order valence-electron chi connectivity index (χ4n) is 3.43. The number of halogens is 1. The summed E-state index contributed by atoms with van der Waals surface area (Å²) < 4.78 is 13.2. The molecule has 134 valence electrons. The van der Waals surface area contributed by atoms with Crippen LogP contribution < -0.4 is 0 Å². The maximum atomic E-state index is 13.2. The number of nitrogens with zero attached hydrogens (tertiary/aromatic N) is 1. The van der Waals surface area contributed by atoms with Crippen LogP contribution in [0.25, 0.3) is 11.3 Å². The molecule has 0 radical (unpaired) electrons. The molecule has 3 aromatic rings. The third-order valence-electron chi connectivity index (χ3n) is 4.93. The predicted octanol–water partition coefficient (Wildman–Crippen LogP) is 6.46. The molecule has 0 saturated carbocycles. The van der Waals surface area contributed by atoms with Crippen LogP contribution in [0.1, 0.15) is 41.5 Å². The normalized spacial score (nSPS) is 10.9. The minimum Gasteiger partial charge on any atom is -0.256 e. The lowest BCUT2D eigenvalue weighted by Gasteiger charge is -2.10. The van der Waals surface area contributed by atoms with Crippen LogP contribution in [0.4, 0.5) is 4.39 Å². The highest BCUT2D eigenvalue weighted by Crippen LogP contribution is 2.24. The van der Waals surface area contributed by atoms with Gasteiger partial charge in [0.25, 0.3) is 0 Å². The van der Waals surface area contributed by atoms with Gasteiger partial charge in [0, 0.05) is 11.8 Å². The van der Waals surface area contributed by atoms with Crippen molar-refractivity contribution in [3.63, 3.8) is 0 Å². The van der Waals surface area contributed by atoms with Crippen molar-refractivity contribution in [3.8, 4) is 11.3 Å². The zero-order valence-corrected chi connectivity index (χ0v) is 15.6. The summed E-state index contributed by atoms with van der Waals surface area (Å²) in [6, 6.07) is 17.7. The summed E-state index contributed by atoms with van der Waals surface area (Å²) in [5, 5.41) is 0. The van der Waals surface area contributed by atoms with Gasteiger partial charge in [0.1, 0.15) is 5.82 Å². The molecule has 0 bridgehead atoms. The molecular formula is C24H26FN. The number of hydrogen-bond acceptors (Lipinski definition) is 1. The molecule has 0 fully saturated rings. The van der Waals surface area contributed by atoms with Gasteiger partial charge in [-0.3, -0.25) is 4.98 Å². The van der Waals surface area contributed by atoms with E-state index in [9.17, 15) is 4.39 Å². The van der Waals surface area contributed by atoms with E-state index in [0.717, 1.165) is 43.4 Å². The average Bonchev–Trinajstić information content (AvgIpc) is 2.63. The summed E-state index contributed by atoms with van der Waals surface area (Å²) in [5.41, 5.74) is 7.30. The molecule has 1 heterocycles. The van der Waals surface area contributed by atoms with Gasteiger partial charge in [-0.1, -0.05) is 36.8 Å². The van der Waals surface area contributed by atoms with Gasteiger partial charge in [0.15, 0.2) is 0 Å². The Balaban J connectivity index is 1.52. The number of aryl methyl sites for hydroxylation is 4. The Kier molecular flexibility index (Phi) is 6.17. The molecular weight excluding hydrogens is 321 g/mol. The first-order valence-corrected chi connectivity index (χ1v) is 9.39. The molecule has 2 heteroatoms. The molecule has 26 heavy (non-hydrogen) atoms. The highest BCUT2D eigenvalue weighted by molar-refractivity contribution is 5.64. The molecule has 1 nitrogen and oxygen atoms in total. The third-order valence-corrected chi connectivity index (χ3v) is 4.93. The Hall–Kier alpha value is -2.48. The summed E-state index contributed by atoms with van der Waals surface area (Å²) in [7, 11) is 0. The molecule has 0 aliphatic heterocycles. The number of aromatic nitrogens is 1. The Morgan fingerprint density at radius 1 is 0.808 bits per heavy atom. The van der Waals surface area contributed by atoms with Gasteiger partial charge >= 0.3 is 0 Å². The van der Waals surface area contributed by atoms with Crippen LogP contribution in [-0.4, -0.2) is 4.98 Å². The summed E-state index contributed by atoms with van der Waals surface area (Å²) in [4.78, 5) is 4.51. The highest BCUT2D eigenvalue weighted by Gasteiger charge is 2.06. The van der Waals surface area contributed by atoms with Crippen LogP contribution in [0.3, 0.4) is 0 Å². The third kappa shape index (κ3) is 4.78. The quantitative estimate of drug-likeness (QED) is 0.447. The van der Waals surface area contributed by atoms with Crippen LogP contribution in [-0.2, 0) is 12.8 Å². The van der Waals surface area contributed by atoms with E-state index in [4.69, 9.17) is 0 Å². The molecule has 1 aromatic heterocycles. The van der Waals surface area contributed by atoms with Crippen LogP contribution in [0, 0.1) is 19.7 Å². The fourth-order valence-corrected chi connectivity index (χ4v) is 3.43. The molecule has 0 saturated heterocycles. The Morgan fingerprint density at radius 3 is 2.42 bits per heavy atom. The average molecular weight is 347 g/mol. The van der Waals surface area contributed by atoms with Crippen molar-refractivity contribution in [2.24, 2.45) is 0 Å². The molecule has 0 amide bonds. The first kappa shape index (κ1) is 18.3. The van der Waals surface area contributed by atoms with Crippen LogP contribution in [0.5, 0.6) is 0 Å². The van der Waals surface area contributed by atoms with Gasteiger partial charge in [-0.25, -0.2) is 4.39 Å². The van der Waals surface area contributed by atoms with E-state index in [0.29, 0.717) is 0 Å². The smallest absolute Gasteiger partial charge is 0.123 e. The predicted molar refractivity (Wildman–Crippen MR) is 107 cm³/mol. The molecule has 0 unspecified atom stereocenters. The minimum absolute atomic E-state index is 0.138. The number of pyridine rings is 1. The van der Waals surface area contributed by atoms with E-state index in [-0.39, 0.29) is 5.82 Å². The van der Waals surface area contributed by atoms with Gasteiger partial charge in [0.2, 0.25) is 0 Å². The van der Waals surface area contributed by atoms with E-state index in [1.165, 1.54) is 28.3 Å². The standard InChI is InChI=1S/C24H26FN/c1-18-8-7-15-26-24(18)22-14-13-21(19(2)16-22)11-5-3-4-9-20-10-6-12-23(25)17-20/h6-8,10,12-17H,3-5,9,11H2,1-2H3. The Labute approximate surface area is 155 Å². The summed E-state index contributed by atoms with van der Waals surface area (Å²) in [6.45, 7) is 4.29. The van der Waals surface area contributed by atoms with Crippen molar-refractivity contribution in [1.29, 1.82) is 0 Å². The minimum atomic E-state index is -0.138. The fraction of sp³-hybridized carbons (Fsp3) is 0.292. The zero-order valence-electron chi connectivity index (χ0n) is 15.6. The second kappa shape index (κ2) is 8.75. The molecule has 2 aromatic carbocycles. The Bertz CT molecular complexity index is 870. The first-order chi connectivity index (χ1) is 12.6. The van der Waals surface area contributed by atoms with Gasteiger partial charge in [-0.15, -0.1) is 0 Å². The van der Waals surface area contributed by atoms with Crippen LogP contribution in [0.15, 0.2) is 60.8 Å². The topological polar surface area (TPSA) is 12.9 Å². The lowest BCUT2D eigenvalue weighted by atomic mass is 9.97. The maximum Gasteiger partial charge on any atom is 0.123 e. The van der Waals surface area contributed by atoms with Crippen LogP contribution in [0.2, 0.25) is 0 Å². The summed E-state index contributed by atoms with van der Waals surface area (Å²) >= 11 is 0. The largest absolute Gasteiger partial charge is 0.256 e. The second-order valence-electron chi connectivity index (χ2n) is 7.00. The summed E-state index contributed by atoms with van der Waals surface area (Å²) in [6.07, 6.45) is 7.33. The molecule has 0 N–H and O–H groups in total. The van der Waals surface area contributed by atoms with Crippen molar-refractivity contribution in [2.45, 2.75) is 46.0 Å². The number of rotatable bonds is 7. The van der Waals surface area contributed by atoms with Crippen molar-refractivity contribution in [1.82, 2.24) is 4.98 Å². The van der Waals surface area contributed by atoms with Crippen molar-refractivity contribution in [3.05, 3.63) is 88.9 Å². The van der Waals surface area contributed by atoms with E-state index < -0.39 is 0 Å². The van der Waals surface area contributed by atoms with Gasteiger partial charge in [0.05, 0.1) is 5.69 Å². The molecule has 0 atom stereocenters. The van der Waals surface area contributed by atoms with E-state index in [2.05, 4.69) is 43.1 Å². The maximum absolute atomic E-state index is 13.2. The van der Waals surface area contributed by atoms with Gasteiger partial charge in [-0.2, -0.15) is 0 Å². The van der Waals surface area contributed by atoms with Crippen molar-refractivity contribution < 1.29 is 4.39 Å². The SMILES string of the molecule is Cc1cc(-c2ncccc2C)ccc1CCCCCc1cccc(F)c1. The van der Waals surface area contributed by atoms with Gasteiger partial charge < -0.3 is 0 Å². The van der Waals surface area contributed by atoms with Gasteiger partial charge in [-0.05, 0) is 86.1 Å². The molecule has 0 spiro atoms. The molecule has 3 rings (SSSR count). The molecule has 0 aliphatic carbocycles. The monoisotopic (exact) mass is 347 g/mol. The number of benzene rings is 2.